The molecule has 0 fully saturated rings. The van der Waals surface area contributed by atoms with Gasteiger partial charge in [0, 0.05) is 18.6 Å². The summed E-state index contributed by atoms with van der Waals surface area (Å²) in [5.41, 5.74) is 0.249. The fourth-order valence-electron chi connectivity index (χ4n) is 2.96. The van der Waals surface area contributed by atoms with Gasteiger partial charge in [0.1, 0.15) is 5.82 Å². The second kappa shape index (κ2) is 7.42. The lowest BCUT2D eigenvalue weighted by atomic mass is 10.2. The Kier molecular flexibility index (Phi) is 5.37. The van der Waals surface area contributed by atoms with Gasteiger partial charge >= 0.3 is 0 Å². The number of fused-ring (bicyclic) bond motifs is 1. The quantitative estimate of drug-likeness (QED) is 0.651. The first-order valence-corrected chi connectivity index (χ1v) is 10.3. The molecule has 0 spiro atoms. The zero-order valence-electron chi connectivity index (χ0n) is 15.3. The molecule has 0 N–H and O–H groups in total. The second-order valence-corrected chi connectivity index (χ2v) is 8.63. The lowest BCUT2D eigenvalue weighted by Gasteiger charge is -2.26. The third kappa shape index (κ3) is 3.50. The van der Waals surface area contributed by atoms with Gasteiger partial charge in [-0.2, -0.15) is 4.31 Å². The van der Waals surface area contributed by atoms with E-state index in [1.165, 1.54) is 15.9 Å². The molecule has 0 radical (unpaired) electrons. The minimum absolute atomic E-state index is 0.192. The average molecular weight is 406 g/mol. The van der Waals surface area contributed by atoms with E-state index in [0.717, 1.165) is 0 Å². The van der Waals surface area contributed by atoms with E-state index in [4.69, 9.17) is 11.6 Å². The van der Waals surface area contributed by atoms with Crippen LogP contribution in [-0.4, -0.2) is 29.3 Å². The molecule has 0 saturated carbocycles. The number of sulfonamides is 1. The molecule has 142 valence electrons. The number of hydrogen-bond acceptors (Lipinski definition) is 4. The molecule has 0 saturated heterocycles. The zero-order valence-corrected chi connectivity index (χ0v) is 16.8. The van der Waals surface area contributed by atoms with Crippen molar-refractivity contribution in [2.45, 2.75) is 31.3 Å². The molecule has 1 atom stereocenters. The first-order valence-electron chi connectivity index (χ1n) is 8.50. The minimum Gasteiger partial charge on any atom is -0.295 e. The largest absolute Gasteiger partial charge is 0.295 e. The predicted molar refractivity (Wildman–Crippen MR) is 106 cm³/mol. The molecular formula is C19H20ClN3O3S. The Bertz CT molecular complexity index is 1140. The molecule has 2 aromatic carbocycles. The van der Waals surface area contributed by atoms with Crippen LogP contribution in [0.5, 0.6) is 0 Å². The van der Waals surface area contributed by atoms with Crippen LogP contribution in [0.4, 0.5) is 0 Å². The molecule has 1 aromatic heterocycles. The number of rotatable bonds is 5. The predicted octanol–water partition coefficient (Wildman–Crippen LogP) is 3.45. The summed E-state index contributed by atoms with van der Waals surface area (Å²) in [6, 6.07) is 12.5. The van der Waals surface area contributed by atoms with Gasteiger partial charge in [-0.1, -0.05) is 29.8 Å². The highest BCUT2D eigenvalue weighted by Crippen LogP contribution is 2.25. The van der Waals surface area contributed by atoms with Crippen molar-refractivity contribution in [3.8, 4) is 0 Å². The summed E-state index contributed by atoms with van der Waals surface area (Å²) in [5, 5.41) is 0.863. The monoisotopic (exact) mass is 405 g/mol. The van der Waals surface area contributed by atoms with Crippen LogP contribution in [0, 0.1) is 0 Å². The third-order valence-electron chi connectivity index (χ3n) is 4.60. The number of halogens is 1. The third-order valence-corrected chi connectivity index (χ3v) is 6.78. The van der Waals surface area contributed by atoms with Crippen LogP contribution < -0.4 is 5.56 Å². The lowest BCUT2D eigenvalue weighted by Crippen LogP contribution is -2.35. The standard InChI is InChI=1S/C19H20ClN3O3S/c1-4-23-18(21-17-11-10-14(20)12-16(17)19(23)24)13(2)22(3)27(25,26)15-8-6-5-7-9-15/h5-13H,4H2,1-3H3. The van der Waals surface area contributed by atoms with Gasteiger partial charge < -0.3 is 0 Å². The van der Waals surface area contributed by atoms with E-state index < -0.39 is 16.1 Å². The Morgan fingerprint density at radius 1 is 1.19 bits per heavy atom. The van der Waals surface area contributed by atoms with Gasteiger partial charge in [0.2, 0.25) is 10.0 Å². The Morgan fingerprint density at radius 2 is 1.85 bits per heavy atom. The van der Waals surface area contributed by atoms with Crippen LogP contribution in [0.1, 0.15) is 25.7 Å². The molecule has 3 aromatic rings. The molecule has 6 nitrogen and oxygen atoms in total. The smallest absolute Gasteiger partial charge is 0.261 e. The van der Waals surface area contributed by atoms with Crippen molar-refractivity contribution in [1.29, 1.82) is 0 Å². The van der Waals surface area contributed by atoms with Crippen molar-refractivity contribution < 1.29 is 8.42 Å². The van der Waals surface area contributed by atoms with Gasteiger partial charge in [-0.25, -0.2) is 13.4 Å². The van der Waals surface area contributed by atoms with E-state index in [-0.39, 0.29) is 10.5 Å². The minimum atomic E-state index is -3.73. The molecule has 0 aliphatic heterocycles. The fourth-order valence-corrected chi connectivity index (χ4v) is 4.48. The van der Waals surface area contributed by atoms with Gasteiger partial charge in [0.25, 0.3) is 5.56 Å². The maximum absolute atomic E-state index is 12.9. The van der Waals surface area contributed by atoms with Gasteiger partial charge in [0.15, 0.2) is 0 Å². The van der Waals surface area contributed by atoms with Crippen molar-refractivity contribution in [3.63, 3.8) is 0 Å². The molecular weight excluding hydrogens is 386 g/mol. The molecule has 0 amide bonds. The Morgan fingerprint density at radius 3 is 2.48 bits per heavy atom. The molecule has 0 aliphatic carbocycles. The highest BCUT2D eigenvalue weighted by Gasteiger charge is 2.29. The van der Waals surface area contributed by atoms with Crippen molar-refractivity contribution in [1.82, 2.24) is 13.9 Å². The van der Waals surface area contributed by atoms with E-state index in [2.05, 4.69) is 4.98 Å². The van der Waals surface area contributed by atoms with E-state index >= 15 is 0 Å². The lowest BCUT2D eigenvalue weighted by molar-refractivity contribution is 0.370. The van der Waals surface area contributed by atoms with E-state index in [1.54, 1.807) is 55.5 Å². The molecule has 27 heavy (non-hydrogen) atoms. The van der Waals surface area contributed by atoms with Gasteiger partial charge in [-0.15, -0.1) is 0 Å². The van der Waals surface area contributed by atoms with Crippen LogP contribution >= 0.6 is 11.6 Å². The highest BCUT2D eigenvalue weighted by atomic mass is 35.5. The molecule has 1 heterocycles. The number of benzene rings is 2. The summed E-state index contributed by atoms with van der Waals surface area (Å²) < 4.78 is 28.6. The van der Waals surface area contributed by atoms with Crippen molar-refractivity contribution >= 4 is 32.5 Å². The molecule has 3 rings (SSSR count). The van der Waals surface area contributed by atoms with Crippen LogP contribution in [0.2, 0.25) is 5.02 Å². The summed E-state index contributed by atoms with van der Waals surface area (Å²) in [7, 11) is -2.24. The second-order valence-electron chi connectivity index (χ2n) is 6.19. The Labute approximate surface area is 163 Å². The molecule has 8 heteroatoms. The van der Waals surface area contributed by atoms with Crippen molar-refractivity contribution in [2.75, 3.05) is 7.05 Å². The number of nitrogens with zero attached hydrogens (tertiary/aromatic N) is 3. The maximum atomic E-state index is 12.9. The van der Waals surface area contributed by atoms with Gasteiger partial charge in [-0.3, -0.25) is 9.36 Å². The molecule has 0 bridgehead atoms. The average Bonchev–Trinajstić information content (AvgIpc) is 2.67. The van der Waals surface area contributed by atoms with Crippen LogP contribution in [-0.2, 0) is 16.6 Å². The van der Waals surface area contributed by atoms with E-state index in [0.29, 0.717) is 28.3 Å². The van der Waals surface area contributed by atoms with Crippen LogP contribution in [0.15, 0.2) is 58.2 Å². The topological polar surface area (TPSA) is 72.3 Å². The first-order chi connectivity index (χ1) is 12.8. The highest BCUT2D eigenvalue weighted by molar-refractivity contribution is 7.89. The van der Waals surface area contributed by atoms with E-state index in [1.807, 2.05) is 6.92 Å². The Balaban J connectivity index is 2.14. The zero-order chi connectivity index (χ0) is 19.8. The Hall–Kier alpha value is -2.22. The molecule has 1 unspecified atom stereocenters. The molecule has 0 aliphatic rings. The van der Waals surface area contributed by atoms with Crippen LogP contribution in [0.25, 0.3) is 10.9 Å². The summed E-state index contributed by atoms with van der Waals surface area (Å²) in [6.07, 6.45) is 0. The van der Waals surface area contributed by atoms with Gasteiger partial charge in [0.05, 0.1) is 21.8 Å². The summed E-state index contributed by atoms with van der Waals surface area (Å²) in [5.74, 6) is 0.388. The van der Waals surface area contributed by atoms with Gasteiger partial charge in [-0.05, 0) is 44.2 Å². The fraction of sp³-hybridized carbons (Fsp3) is 0.263. The number of aromatic nitrogens is 2. The summed E-state index contributed by atoms with van der Waals surface area (Å²) in [4.78, 5) is 17.6. The van der Waals surface area contributed by atoms with E-state index in [9.17, 15) is 13.2 Å². The SMILES string of the molecule is CCn1c(C(C)N(C)S(=O)(=O)c2ccccc2)nc2ccc(Cl)cc2c1=O. The van der Waals surface area contributed by atoms with Crippen LogP contribution in [0.3, 0.4) is 0 Å². The first kappa shape index (κ1) is 19.5. The summed E-state index contributed by atoms with van der Waals surface area (Å²) >= 11 is 6.00. The normalized spacial score (nSPS) is 13.2. The summed E-state index contributed by atoms with van der Waals surface area (Å²) in [6.45, 7) is 3.91. The van der Waals surface area contributed by atoms with Crippen molar-refractivity contribution in [2.24, 2.45) is 0 Å². The van der Waals surface area contributed by atoms with Crippen molar-refractivity contribution in [3.05, 3.63) is 69.7 Å². The maximum Gasteiger partial charge on any atom is 0.261 e. The number of hydrogen-bond donors (Lipinski definition) is 0.